The molecule has 2 heterocycles. The fourth-order valence-corrected chi connectivity index (χ4v) is 3.45. The number of benzene rings is 1. The Balaban J connectivity index is 1.78. The van der Waals surface area contributed by atoms with Gasteiger partial charge in [-0.15, -0.1) is 0 Å². The number of aromatic nitrogens is 1. The van der Waals surface area contributed by atoms with E-state index in [1.807, 2.05) is 12.1 Å². The van der Waals surface area contributed by atoms with Crippen molar-refractivity contribution < 1.29 is 8.42 Å². The predicted molar refractivity (Wildman–Crippen MR) is 81.5 cm³/mol. The van der Waals surface area contributed by atoms with Gasteiger partial charge in [-0.1, -0.05) is 6.07 Å². The summed E-state index contributed by atoms with van der Waals surface area (Å²) >= 11 is 0. The van der Waals surface area contributed by atoms with Crippen molar-refractivity contribution in [2.45, 2.75) is 24.3 Å². The van der Waals surface area contributed by atoms with E-state index in [-0.39, 0.29) is 6.54 Å². The Morgan fingerprint density at radius 3 is 3.00 bits per heavy atom. The summed E-state index contributed by atoms with van der Waals surface area (Å²) in [5, 5.41) is 3.28. The lowest BCUT2D eigenvalue weighted by Crippen LogP contribution is -2.24. The van der Waals surface area contributed by atoms with E-state index in [2.05, 4.69) is 15.0 Å². The molecule has 0 amide bonds. The molecule has 2 N–H and O–H groups in total. The van der Waals surface area contributed by atoms with Crippen LogP contribution in [0.25, 0.3) is 0 Å². The number of nitrogens with zero attached hydrogens (tertiary/aromatic N) is 1. The summed E-state index contributed by atoms with van der Waals surface area (Å²) in [6, 6.07) is 8.86. The van der Waals surface area contributed by atoms with E-state index >= 15 is 0 Å². The molecule has 0 unspecified atom stereocenters. The molecule has 0 atom stereocenters. The Hall–Kier alpha value is -1.92. The smallest absolute Gasteiger partial charge is 0.240 e. The normalized spacial score (nSPS) is 14.3. The van der Waals surface area contributed by atoms with Crippen molar-refractivity contribution in [2.75, 3.05) is 11.9 Å². The first-order chi connectivity index (χ1) is 10.1. The molecule has 6 heteroatoms. The highest BCUT2D eigenvalue weighted by Gasteiger charge is 2.17. The maximum absolute atomic E-state index is 12.3. The fraction of sp³-hybridized carbons (Fsp3) is 0.267. The number of fused-ring (bicyclic) bond motifs is 1. The Kier molecular flexibility index (Phi) is 3.90. The van der Waals surface area contributed by atoms with E-state index in [1.165, 1.54) is 0 Å². The van der Waals surface area contributed by atoms with Gasteiger partial charge >= 0.3 is 0 Å². The van der Waals surface area contributed by atoms with Gasteiger partial charge in [-0.25, -0.2) is 13.1 Å². The molecule has 3 rings (SSSR count). The Bertz CT molecular complexity index is 730. The van der Waals surface area contributed by atoms with Crippen LogP contribution in [0.5, 0.6) is 0 Å². The molecule has 0 radical (unpaired) electrons. The average molecular weight is 303 g/mol. The maximum Gasteiger partial charge on any atom is 0.240 e. The summed E-state index contributed by atoms with van der Waals surface area (Å²) < 4.78 is 27.3. The summed E-state index contributed by atoms with van der Waals surface area (Å²) in [6.07, 6.45) is 5.25. The molecular formula is C15H17N3O2S. The zero-order valence-electron chi connectivity index (χ0n) is 11.5. The minimum absolute atomic E-state index is 0.242. The topological polar surface area (TPSA) is 71.1 Å². The fourth-order valence-electron chi connectivity index (χ4n) is 2.38. The van der Waals surface area contributed by atoms with Crippen molar-refractivity contribution in [3.63, 3.8) is 0 Å². The van der Waals surface area contributed by atoms with Crippen LogP contribution in [0.2, 0.25) is 0 Å². The largest absolute Gasteiger partial charge is 0.385 e. The molecule has 1 aromatic carbocycles. The second-order valence-electron chi connectivity index (χ2n) is 5.04. The molecule has 2 aromatic rings. The van der Waals surface area contributed by atoms with Crippen LogP contribution in [0.3, 0.4) is 0 Å². The van der Waals surface area contributed by atoms with Gasteiger partial charge in [-0.2, -0.15) is 0 Å². The average Bonchev–Trinajstić information content (AvgIpc) is 2.53. The number of hydrogen-bond donors (Lipinski definition) is 2. The highest BCUT2D eigenvalue weighted by Crippen LogP contribution is 2.24. The van der Waals surface area contributed by atoms with Crippen LogP contribution in [0.15, 0.2) is 47.6 Å². The van der Waals surface area contributed by atoms with Crippen molar-refractivity contribution in [1.29, 1.82) is 0 Å². The third-order valence-electron chi connectivity index (χ3n) is 3.51. The van der Waals surface area contributed by atoms with E-state index in [9.17, 15) is 8.42 Å². The van der Waals surface area contributed by atoms with Gasteiger partial charge in [0.15, 0.2) is 0 Å². The summed E-state index contributed by atoms with van der Waals surface area (Å²) in [7, 11) is -3.50. The summed E-state index contributed by atoms with van der Waals surface area (Å²) in [4.78, 5) is 4.29. The Morgan fingerprint density at radius 1 is 1.29 bits per heavy atom. The quantitative estimate of drug-likeness (QED) is 0.905. The van der Waals surface area contributed by atoms with Gasteiger partial charge in [0.1, 0.15) is 0 Å². The van der Waals surface area contributed by atoms with Gasteiger partial charge in [0, 0.05) is 31.2 Å². The minimum atomic E-state index is -3.50. The zero-order chi connectivity index (χ0) is 14.7. The summed E-state index contributed by atoms with van der Waals surface area (Å²) in [6.45, 7) is 1.18. The van der Waals surface area contributed by atoms with Crippen LogP contribution >= 0.6 is 0 Å². The standard InChI is InChI=1S/C15H17N3O2S/c19-21(20,18-11-12-3-1-7-16-10-12)14-5-6-15-13(9-14)4-2-8-17-15/h1,3,5-7,9-10,17-18H,2,4,8,11H2. The van der Waals surface area contributed by atoms with Crippen LogP contribution in [0, 0.1) is 0 Å². The van der Waals surface area contributed by atoms with E-state index < -0.39 is 10.0 Å². The molecule has 0 bridgehead atoms. The van der Waals surface area contributed by atoms with Gasteiger partial charge in [0.05, 0.1) is 4.90 Å². The van der Waals surface area contributed by atoms with Crippen LogP contribution in [-0.4, -0.2) is 19.9 Å². The molecule has 0 saturated carbocycles. The minimum Gasteiger partial charge on any atom is -0.385 e. The summed E-state index contributed by atoms with van der Waals surface area (Å²) in [5.41, 5.74) is 2.93. The number of pyridine rings is 1. The lowest BCUT2D eigenvalue weighted by molar-refractivity contribution is 0.581. The molecule has 5 nitrogen and oxygen atoms in total. The SMILES string of the molecule is O=S(=O)(NCc1cccnc1)c1ccc2c(c1)CCCN2. The number of rotatable bonds is 4. The van der Waals surface area contributed by atoms with Gasteiger partial charge in [0.2, 0.25) is 10.0 Å². The molecule has 0 fully saturated rings. The Morgan fingerprint density at radius 2 is 2.19 bits per heavy atom. The second-order valence-corrected chi connectivity index (χ2v) is 6.80. The molecule has 21 heavy (non-hydrogen) atoms. The zero-order valence-corrected chi connectivity index (χ0v) is 12.4. The molecule has 0 saturated heterocycles. The molecular weight excluding hydrogens is 286 g/mol. The molecule has 1 aromatic heterocycles. The third-order valence-corrected chi connectivity index (χ3v) is 4.91. The first-order valence-corrected chi connectivity index (χ1v) is 8.39. The number of nitrogens with one attached hydrogen (secondary N) is 2. The second kappa shape index (κ2) is 5.83. The van der Waals surface area contributed by atoms with Crippen LogP contribution < -0.4 is 10.0 Å². The van der Waals surface area contributed by atoms with Crippen molar-refractivity contribution in [2.24, 2.45) is 0 Å². The number of aryl methyl sites for hydroxylation is 1. The van der Waals surface area contributed by atoms with Crippen LogP contribution in [0.4, 0.5) is 5.69 Å². The molecule has 0 spiro atoms. The highest BCUT2D eigenvalue weighted by molar-refractivity contribution is 7.89. The van der Waals surface area contributed by atoms with Gasteiger partial charge in [-0.05, 0) is 48.2 Å². The summed E-state index contributed by atoms with van der Waals surface area (Å²) in [5.74, 6) is 0. The van der Waals surface area contributed by atoms with Crippen LogP contribution in [-0.2, 0) is 23.0 Å². The van der Waals surface area contributed by atoms with Gasteiger partial charge in [-0.3, -0.25) is 4.98 Å². The van der Waals surface area contributed by atoms with E-state index in [1.54, 1.807) is 30.6 Å². The van der Waals surface area contributed by atoms with Gasteiger partial charge in [0.25, 0.3) is 0 Å². The highest BCUT2D eigenvalue weighted by atomic mass is 32.2. The first-order valence-electron chi connectivity index (χ1n) is 6.90. The lowest BCUT2D eigenvalue weighted by atomic mass is 10.0. The van der Waals surface area contributed by atoms with Crippen molar-refractivity contribution in [3.8, 4) is 0 Å². The maximum atomic E-state index is 12.3. The number of hydrogen-bond acceptors (Lipinski definition) is 4. The van der Waals surface area contributed by atoms with E-state index in [0.717, 1.165) is 36.2 Å². The molecule has 1 aliphatic heterocycles. The third kappa shape index (κ3) is 3.22. The Labute approximate surface area is 124 Å². The van der Waals surface area contributed by atoms with Gasteiger partial charge < -0.3 is 5.32 Å². The first kappa shape index (κ1) is 14.0. The molecule has 110 valence electrons. The van der Waals surface area contributed by atoms with Crippen molar-refractivity contribution >= 4 is 15.7 Å². The number of anilines is 1. The predicted octanol–water partition coefficient (Wildman–Crippen LogP) is 1.92. The molecule has 0 aliphatic carbocycles. The molecule has 1 aliphatic rings. The van der Waals surface area contributed by atoms with E-state index in [0.29, 0.717) is 4.90 Å². The lowest BCUT2D eigenvalue weighted by Gasteiger charge is -2.18. The van der Waals surface area contributed by atoms with E-state index in [4.69, 9.17) is 0 Å². The number of sulfonamides is 1. The van der Waals surface area contributed by atoms with Crippen molar-refractivity contribution in [1.82, 2.24) is 9.71 Å². The van der Waals surface area contributed by atoms with Crippen molar-refractivity contribution in [3.05, 3.63) is 53.9 Å². The monoisotopic (exact) mass is 303 g/mol. The van der Waals surface area contributed by atoms with Crippen LogP contribution in [0.1, 0.15) is 17.5 Å².